The number of amides is 2. The first-order valence-electron chi connectivity index (χ1n) is 5.83. The Morgan fingerprint density at radius 1 is 1.42 bits per heavy atom. The van der Waals surface area contributed by atoms with Crippen molar-refractivity contribution in [3.05, 3.63) is 17.3 Å². The van der Waals surface area contributed by atoms with Crippen LogP contribution in [-0.4, -0.2) is 39.8 Å². The number of carbonyl (C=O) groups is 2. The Bertz CT molecular complexity index is 681. The molecule has 1 unspecified atom stereocenters. The van der Waals surface area contributed by atoms with Crippen LogP contribution in [0.15, 0.2) is 11.7 Å². The number of imide groups is 1. The third-order valence-electron chi connectivity index (χ3n) is 3.22. The lowest BCUT2D eigenvalue weighted by Gasteiger charge is -2.11. The Labute approximate surface area is 113 Å². The molecule has 1 N–H and O–H groups in total. The van der Waals surface area contributed by atoms with E-state index in [1.807, 2.05) is 12.3 Å². The largest absolute Gasteiger partial charge is 0.357 e. The van der Waals surface area contributed by atoms with Crippen LogP contribution in [0.25, 0.3) is 10.2 Å². The fourth-order valence-electron chi connectivity index (χ4n) is 2.11. The Hall–Kier alpha value is -2.02. The summed E-state index contributed by atoms with van der Waals surface area (Å²) in [6, 6.07) is -0.530. The van der Waals surface area contributed by atoms with E-state index in [1.54, 1.807) is 0 Å². The van der Waals surface area contributed by atoms with Crippen molar-refractivity contribution in [1.29, 1.82) is 0 Å². The van der Waals surface area contributed by atoms with E-state index in [9.17, 15) is 9.59 Å². The lowest BCUT2D eigenvalue weighted by Crippen LogP contribution is -2.32. The number of carbonyl (C=O) groups excluding carboxylic acids is 2. The molecular weight excluding hydrogens is 264 g/mol. The Kier molecular flexibility index (Phi) is 2.70. The maximum Gasteiger partial charge on any atom is 0.251 e. The molecule has 7 heteroatoms. The lowest BCUT2D eigenvalue weighted by molar-refractivity contribution is -0.136. The van der Waals surface area contributed by atoms with Gasteiger partial charge in [0.1, 0.15) is 18.2 Å². The van der Waals surface area contributed by atoms with Crippen LogP contribution in [0.3, 0.4) is 0 Å². The number of likely N-dealkylation sites (tertiary alicyclic amines) is 1. The van der Waals surface area contributed by atoms with Gasteiger partial charge in [0.25, 0.3) is 5.91 Å². The van der Waals surface area contributed by atoms with Crippen molar-refractivity contribution in [1.82, 2.24) is 14.9 Å². The van der Waals surface area contributed by atoms with Crippen LogP contribution >= 0.6 is 11.3 Å². The van der Waals surface area contributed by atoms with Gasteiger partial charge in [-0.2, -0.15) is 0 Å². The monoisotopic (exact) mass is 276 g/mol. The normalized spacial score (nSPS) is 19.5. The first-order chi connectivity index (χ1) is 9.08. The van der Waals surface area contributed by atoms with Crippen LogP contribution < -0.4 is 5.32 Å². The summed E-state index contributed by atoms with van der Waals surface area (Å²) >= 11 is 1.53. The predicted molar refractivity (Wildman–Crippen MR) is 72.0 cm³/mol. The molecule has 3 heterocycles. The molecule has 6 nitrogen and oxygen atoms in total. The molecular formula is C12H12N4O2S. The third kappa shape index (κ3) is 1.86. The first kappa shape index (κ1) is 12.0. The van der Waals surface area contributed by atoms with Gasteiger partial charge in [0.15, 0.2) is 0 Å². The maximum atomic E-state index is 11.9. The zero-order valence-corrected chi connectivity index (χ0v) is 11.3. The molecule has 3 rings (SSSR count). The minimum Gasteiger partial charge on any atom is -0.357 e. The van der Waals surface area contributed by atoms with E-state index in [4.69, 9.17) is 0 Å². The Morgan fingerprint density at radius 2 is 2.21 bits per heavy atom. The first-order valence-corrected chi connectivity index (χ1v) is 6.71. The molecule has 1 atom stereocenters. The van der Waals surface area contributed by atoms with E-state index >= 15 is 0 Å². The fraction of sp³-hybridized carbons (Fsp3) is 0.333. The summed E-state index contributed by atoms with van der Waals surface area (Å²) in [6.45, 7) is 1.98. The summed E-state index contributed by atoms with van der Waals surface area (Å²) in [7, 11) is 1.50. The predicted octanol–water partition coefficient (Wildman–Crippen LogP) is 1.17. The average Bonchev–Trinajstić information content (AvgIpc) is 2.88. The number of aryl methyl sites for hydroxylation is 1. The second-order valence-electron chi connectivity index (χ2n) is 4.51. The summed E-state index contributed by atoms with van der Waals surface area (Å²) in [4.78, 5) is 32.9. The Morgan fingerprint density at radius 3 is 2.89 bits per heavy atom. The van der Waals surface area contributed by atoms with Gasteiger partial charge in [0.05, 0.1) is 16.6 Å². The molecule has 98 valence electrons. The molecule has 0 bridgehead atoms. The number of rotatable bonds is 2. The topological polar surface area (TPSA) is 75.2 Å². The number of aromatic nitrogens is 2. The molecule has 2 amide bonds. The van der Waals surface area contributed by atoms with Crippen molar-refractivity contribution in [3.63, 3.8) is 0 Å². The number of hydrogen-bond acceptors (Lipinski definition) is 6. The molecule has 1 aliphatic rings. The van der Waals surface area contributed by atoms with Crippen LogP contribution in [0.5, 0.6) is 0 Å². The maximum absolute atomic E-state index is 11.9. The molecule has 1 fully saturated rings. The summed E-state index contributed by atoms with van der Waals surface area (Å²) in [5, 5.41) is 5.05. The van der Waals surface area contributed by atoms with Gasteiger partial charge in [-0.1, -0.05) is 0 Å². The van der Waals surface area contributed by atoms with Gasteiger partial charge in [-0.05, 0) is 17.9 Å². The molecule has 2 aromatic heterocycles. The van der Waals surface area contributed by atoms with Gasteiger partial charge in [-0.15, -0.1) is 11.3 Å². The summed E-state index contributed by atoms with van der Waals surface area (Å²) < 4.78 is 0.912. The van der Waals surface area contributed by atoms with Gasteiger partial charge >= 0.3 is 0 Å². The summed E-state index contributed by atoms with van der Waals surface area (Å²) in [5.74, 6) is 0.227. The quantitative estimate of drug-likeness (QED) is 0.833. The van der Waals surface area contributed by atoms with E-state index in [0.29, 0.717) is 5.82 Å². The standard InChI is InChI=1S/C12H12N4O2S/c1-6-4-19-10-9(6)13-5-14-11(10)15-7-3-8(17)16(2)12(7)18/h4-5,7H,3H2,1-2H3,(H,13,14,15). The van der Waals surface area contributed by atoms with E-state index in [2.05, 4.69) is 15.3 Å². The van der Waals surface area contributed by atoms with Crippen molar-refractivity contribution < 1.29 is 9.59 Å². The van der Waals surface area contributed by atoms with Crippen molar-refractivity contribution in [3.8, 4) is 0 Å². The van der Waals surface area contributed by atoms with Gasteiger partial charge in [0, 0.05) is 7.05 Å². The minimum atomic E-state index is -0.530. The number of thiophene rings is 1. The van der Waals surface area contributed by atoms with E-state index < -0.39 is 6.04 Å². The third-order valence-corrected chi connectivity index (χ3v) is 4.32. The van der Waals surface area contributed by atoms with E-state index in [-0.39, 0.29) is 18.2 Å². The summed E-state index contributed by atoms with van der Waals surface area (Å²) in [6.07, 6.45) is 1.64. The average molecular weight is 276 g/mol. The second-order valence-corrected chi connectivity index (χ2v) is 5.39. The van der Waals surface area contributed by atoms with Gasteiger partial charge < -0.3 is 5.32 Å². The molecule has 2 aromatic rings. The number of nitrogens with zero attached hydrogens (tertiary/aromatic N) is 3. The Balaban J connectivity index is 1.94. The molecule has 1 saturated heterocycles. The van der Waals surface area contributed by atoms with Crippen molar-refractivity contribution in [2.45, 2.75) is 19.4 Å². The van der Waals surface area contributed by atoms with Crippen molar-refractivity contribution >= 4 is 39.2 Å². The highest BCUT2D eigenvalue weighted by molar-refractivity contribution is 7.18. The molecule has 0 aromatic carbocycles. The van der Waals surface area contributed by atoms with Gasteiger partial charge in [-0.25, -0.2) is 9.97 Å². The SMILES string of the molecule is Cc1csc2c(NC3CC(=O)N(C)C3=O)ncnc12. The zero-order valence-electron chi connectivity index (χ0n) is 10.5. The minimum absolute atomic E-state index is 0.171. The van der Waals surface area contributed by atoms with Crippen LogP contribution in [0.1, 0.15) is 12.0 Å². The highest BCUT2D eigenvalue weighted by Crippen LogP contribution is 2.29. The van der Waals surface area contributed by atoms with Crippen LogP contribution in [-0.2, 0) is 9.59 Å². The molecule has 0 saturated carbocycles. The van der Waals surface area contributed by atoms with E-state index in [0.717, 1.165) is 20.7 Å². The highest BCUT2D eigenvalue weighted by Gasteiger charge is 2.36. The van der Waals surface area contributed by atoms with Gasteiger partial charge in [-0.3, -0.25) is 14.5 Å². The molecule has 1 aliphatic heterocycles. The number of anilines is 1. The smallest absolute Gasteiger partial charge is 0.251 e. The highest BCUT2D eigenvalue weighted by atomic mass is 32.1. The number of likely N-dealkylation sites (N-methyl/N-ethyl adjacent to an activating group) is 1. The van der Waals surface area contributed by atoms with Gasteiger partial charge in [0.2, 0.25) is 5.91 Å². The van der Waals surface area contributed by atoms with Crippen LogP contribution in [0, 0.1) is 6.92 Å². The van der Waals surface area contributed by atoms with E-state index in [1.165, 1.54) is 24.7 Å². The molecule has 0 radical (unpaired) electrons. The molecule has 19 heavy (non-hydrogen) atoms. The lowest BCUT2D eigenvalue weighted by atomic mass is 10.2. The fourth-order valence-corrected chi connectivity index (χ4v) is 3.06. The number of fused-ring (bicyclic) bond motifs is 1. The van der Waals surface area contributed by atoms with Crippen LogP contribution in [0.2, 0.25) is 0 Å². The molecule has 0 spiro atoms. The molecule has 0 aliphatic carbocycles. The van der Waals surface area contributed by atoms with Crippen molar-refractivity contribution in [2.75, 3.05) is 12.4 Å². The number of hydrogen-bond donors (Lipinski definition) is 1. The summed E-state index contributed by atoms with van der Waals surface area (Å²) in [5.41, 5.74) is 1.96. The van der Waals surface area contributed by atoms with Crippen molar-refractivity contribution in [2.24, 2.45) is 0 Å². The van der Waals surface area contributed by atoms with Crippen LogP contribution in [0.4, 0.5) is 5.82 Å². The zero-order chi connectivity index (χ0) is 13.6. The second kappa shape index (κ2) is 4.27. The number of nitrogens with one attached hydrogen (secondary N) is 1.